The van der Waals surface area contributed by atoms with Crippen LogP contribution in [0.2, 0.25) is 0 Å². The maximum absolute atomic E-state index is 14.5. The molecule has 0 saturated carbocycles. The highest BCUT2D eigenvalue weighted by molar-refractivity contribution is 7.88. The van der Waals surface area contributed by atoms with Crippen LogP contribution < -0.4 is 4.90 Å². The molecule has 0 atom stereocenters. The first-order chi connectivity index (χ1) is 15.6. The second-order valence-corrected chi connectivity index (χ2v) is 9.72. The molecule has 1 aliphatic rings. The summed E-state index contributed by atoms with van der Waals surface area (Å²) in [6.07, 6.45) is 2.15. The molecule has 9 nitrogen and oxygen atoms in total. The second-order valence-electron chi connectivity index (χ2n) is 7.73. The number of nitrogens with zero attached hydrogens (tertiary/aromatic N) is 6. The van der Waals surface area contributed by atoms with Crippen molar-refractivity contribution >= 4 is 21.6 Å². The van der Waals surface area contributed by atoms with Gasteiger partial charge in [-0.2, -0.15) is 9.40 Å². The molecule has 174 valence electrons. The summed E-state index contributed by atoms with van der Waals surface area (Å²) in [5.74, 6) is -1.21. The molecule has 0 bridgehead atoms. The third kappa shape index (κ3) is 4.91. The molecule has 3 aromatic rings. The number of ketones is 1. The molecule has 33 heavy (non-hydrogen) atoms. The number of aromatic nitrogens is 4. The van der Waals surface area contributed by atoms with Gasteiger partial charge in [-0.05, 0) is 12.1 Å². The standard InChI is InChI=1S/C21H22F2N6O3S/c1-14(30)19-11-18(26-29(19)13-15-5-3-4-6-16(15)22)20-24-12-17(23)21(25-20)27-7-9-28(10-8-27)33(2,31)32/h3-6,11-12H,7-10,13H2,1-2H3. The highest BCUT2D eigenvalue weighted by Crippen LogP contribution is 2.24. The Kier molecular flexibility index (Phi) is 6.21. The van der Waals surface area contributed by atoms with Crippen molar-refractivity contribution in [3.63, 3.8) is 0 Å². The van der Waals surface area contributed by atoms with E-state index in [0.29, 0.717) is 5.56 Å². The number of sulfonamides is 1. The van der Waals surface area contributed by atoms with Gasteiger partial charge in [0.1, 0.15) is 17.2 Å². The van der Waals surface area contributed by atoms with Crippen molar-refractivity contribution in [2.45, 2.75) is 13.5 Å². The Labute approximate surface area is 189 Å². The zero-order valence-corrected chi connectivity index (χ0v) is 18.9. The molecule has 0 amide bonds. The fourth-order valence-electron chi connectivity index (χ4n) is 3.65. The van der Waals surface area contributed by atoms with Crippen LogP contribution in [-0.4, -0.2) is 70.7 Å². The van der Waals surface area contributed by atoms with Crippen LogP contribution in [0.25, 0.3) is 11.5 Å². The predicted octanol–water partition coefficient (Wildman–Crippen LogP) is 1.95. The van der Waals surface area contributed by atoms with Gasteiger partial charge < -0.3 is 4.90 Å². The van der Waals surface area contributed by atoms with Crippen molar-refractivity contribution in [2.24, 2.45) is 0 Å². The Morgan fingerprint density at radius 2 is 1.79 bits per heavy atom. The van der Waals surface area contributed by atoms with Gasteiger partial charge in [-0.3, -0.25) is 9.48 Å². The average molecular weight is 477 g/mol. The van der Waals surface area contributed by atoms with E-state index >= 15 is 0 Å². The largest absolute Gasteiger partial charge is 0.351 e. The third-order valence-electron chi connectivity index (χ3n) is 5.38. The molecule has 0 spiro atoms. The van der Waals surface area contributed by atoms with E-state index < -0.39 is 21.7 Å². The Balaban J connectivity index is 1.63. The maximum Gasteiger partial charge on any atom is 0.211 e. The Bertz CT molecular complexity index is 1300. The van der Waals surface area contributed by atoms with Crippen LogP contribution in [0.3, 0.4) is 0 Å². The SMILES string of the molecule is CC(=O)c1cc(-c2ncc(F)c(N3CCN(S(C)(=O)=O)CC3)n2)nn1Cc1ccccc1F. The van der Waals surface area contributed by atoms with E-state index in [4.69, 9.17) is 0 Å². The van der Waals surface area contributed by atoms with E-state index in [1.54, 1.807) is 23.1 Å². The summed E-state index contributed by atoms with van der Waals surface area (Å²) in [4.78, 5) is 22.1. The smallest absolute Gasteiger partial charge is 0.211 e. The van der Waals surface area contributed by atoms with Gasteiger partial charge in [0.2, 0.25) is 10.0 Å². The molecule has 12 heteroatoms. The molecular weight excluding hydrogens is 454 g/mol. The van der Waals surface area contributed by atoms with Gasteiger partial charge in [-0.1, -0.05) is 18.2 Å². The quantitative estimate of drug-likeness (QED) is 0.501. The van der Waals surface area contributed by atoms with E-state index in [1.165, 1.54) is 28.0 Å². The number of halogens is 2. The number of hydrogen-bond donors (Lipinski definition) is 0. The monoisotopic (exact) mass is 476 g/mol. The fraction of sp³-hybridized carbons (Fsp3) is 0.333. The highest BCUT2D eigenvalue weighted by atomic mass is 32.2. The van der Waals surface area contributed by atoms with E-state index in [1.807, 2.05) is 0 Å². The summed E-state index contributed by atoms with van der Waals surface area (Å²) < 4.78 is 54.8. The first-order valence-corrected chi connectivity index (χ1v) is 12.0. The van der Waals surface area contributed by atoms with Gasteiger partial charge in [-0.15, -0.1) is 0 Å². The van der Waals surface area contributed by atoms with Crippen molar-refractivity contribution in [2.75, 3.05) is 37.3 Å². The zero-order valence-electron chi connectivity index (χ0n) is 18.1. The van der Waals surface area contributed by atoms with Gasteiger partial charge in [0.25, 0.3) is 0 Å². The van der Waals surface area contributed by atoms with Crippen molar-refractivity contribution in [1.29, 1.82) is 0 Å². The van der Waals surface area contributed by atoms with E-state index in [0.717, 1.165) is 12.5 Å². The van der Waals surface area contributed by atoms with Gasteiger partial charge >= 0.3 is 0 Å². The van der Waals surface area contributed by atoms with E-state index in [-0.39, 0.29) is 61.5 Å². The molecule has 1 aromatic carbocycles. The Morgan fingerprint density at radius 3 is 2.42 bits per heavy atom. The number of Topliss-reactive ketones (excluding diaryl/α,β-unsaturated/α-hetero) is 1. The molecule has 1 aliphatic heterocycles. The van der Waals surface area contributed by atoms with Crippen LogP contribution in [0.4, 0.5) is 14.6 Å². The first kappa shape index (κ1) is 22.9. The van der Waals surface area contributed by atoms with Crippen molar-refractivity contribution in [1.82, 2.24) is 24.1 Å². The Morgan fingerprint density at radius 1 is 1.09 bits per heavy atom. The van der Waals surface area contributed by atoms with Gasteiger partial charge in [-0.25, -0.2) is 27.2 Å². The number of hydrogen-bond acceptors (Lipinski definition) is 7. The maximum atomic E-state index is 14.5. The predicted molar refractivity (Wildman–Crippen MR) is 117 cm³/mol. The zero-order chi connectivity index (χ0) is 23.8. The lowest BCUT2D eigenvalue weighted by molar-refractivity contribution is 0.100. The van der Waals surface area contributed by atoms with E-state index in [9.17, 15) is 22.0 Å². The molecule has 4 rings (SSSR count). The molecule has 0 radical (unpaired) electrons. The lowest BCUT2D eigenvalue weighted by Gasteiger charge is -2.34. The number of anilines is 1. The molecular formula is C21H22F2N6O3S. The number of carbonyl (C=O) groups is 1. The van der Waals surface area contributed by atoms with E-state index in [2.05, 4.69) is 15.1 Å². The molecule has 0 N–H and O–H groups in total. The summed E-state index contributed by atoms with van der Waals surface area (Å²) in [5.41, 5.74) is 0.844. The molecule has 0 unspecified atom stereocenters. The lowest BCUT2D eigenvalue weighted by Crippen LogP contribution is -2.48. The molecule has 2 aromatic heterocycles. The molecule has 1 fully saturated rings. The number of piperazine rings is 1. The topological polar surface area (TPSA) is 101 Å². The normalized spacial score (nSPS) is 15.1. The van der Waals surface area contributed by atoms with Crippen molar-refractivity contribution in [3.05, 3.63) is 59.4 Å². The fourth-order valence-corrected chi connectivity index (χ4v) is 4.48. The molecule has 0 aliphatic carbocycles. The minimum atomic E-state index is -3.32. The summed E-state index contributed by atoms with van der Waals surface area (Å²) >= 11 is 0. The van der Waals surface area contributed by atoms with Gasteiger partial charge in [0.05, 0.1) is 19.0 Å². The summed E-state index contributed by atoms with van der Waals surface area (Å²) in [7, 11) is -3.32. The number of rotatable bonds is 6. The van der Waals surface area contributed by atoms with Crippen LogP contribution in [-0.2, 0) is 16.6 Å². The van der Waals surface area contributed by atoms with Crippen LogP contribution in [0.5, 0.6) is 0 Å². The van der Waals surface area contributed by atoms with Crippen LogP contribution in [0.1, 0.15) is 23.0 Å². The van der Waals surface area contributed by atoms with Crippen LogP contribution >= 0.6 is 0 Å². The van der Waals surface area contributed by atoms with Crippen molar-refractivity contribution in [3.8, 4) is 11.5 Å². The number of carbonyl (C=O) groups excluding carboxylic acids is 1. The summed E-state index contributed by atoms with van der Waals surface area (Å²) in [5, 5.41) is 4.37. The van der Waals surface area contributed by atoms with Gasteiger partial charge in [0, 0.05) is 38.7 Å². The van der Waals surface area contributed by atoms with Crippen molar-refractivity contribution < 1.29 is 22.0 Å². The average Bonchev–Trinajstić information content (AvgIpc) is 3.19. The minimum absolute atomic E-state index is 0.0289. The highest BCUT2D eigenvalue weighted by Gasteiger charge is 2.26. The number of benzene rings is 1. The molecule has 1 saturated heterocycles. The first-order valence-electron chi connectivity index (χ1n) is 10.2. The van der Waals surface area contributed by atoms with Gasteiger partial charge in [0.15, 0.2) is 23.2 Å². The lowest BCUT2D eigenvalue weighted by atomic mass is 10.2. The molecule has 3 heterocycles. The minimum Gasteiger partial charge on any atom is -0.351 e. The third-order valence-corrected chi connectivity index (χ3v) is 6.68. The van der Waals surface area contributed by atoms with Crippen LogP contribution in [0.15, 0.2) is 36.5 Å². The van der Waals surface area contributed by atoms with Crippen LogP contribution in [0, 0.1) is 11.6 Å². The summed E-state index contributed by atoms with van der Waals surface area (Å²) in [6, 6.07) is 7.68. The summed E-state index contributed by atoms with van der Waals surface area (Å²) in [6.45, 7) is 2.36. The second kappa shape index (κ2) is 8.94. The Hall–Kier alpha value is -3.25.